The van der Waals surface area contributed by atoms with E-state index in [4.69, 9.17) is 50.8 Å². The highest BCUT2D eigenvalue weighted by atomic mass is 35.5. The SMILES string of the molecule is CCC1(c2ccccc2)C(=O)NC(=O)NC1=O.CCOc1ccc(/C=C2/NCCc3cc(OCC)c(OCC)cc32)cc1OCC.Cl.Cn1c(=O)c2[nH]cnc2n(C)c1=O.Cn1c(=O)c2[nH]cnc2n(C)c1=O.NCCN.OCC(CO)(CO)CO. The maximum atomic E-state index is 12.0. The van der Waals surface area contributed by atoms with Crippen molar-refractivity contribution in [3.05, 3.63) is 137 Å². The summed E-state index contributed by atoms with van der Waals surface area (Å²) in [7, 11) is 6.02. The van der Waals surface area contributed by atoms with E-state index in [2.05, 4.69) is 60.2 Å². The number of carbonyl (C=O) groups is 3. The number of urea groups is 1. The van der Waals surface area contributed by atoms with Gasteiger partial charge in [-0.15, -0.1) is 12.4 Å². The number of aromatic amines is 2. The van der Waals surface area contributed by atoms with Gasteiger partial charge in [0.25, 0.3) is 11.1 Å². The van der Waals surface area contributed by atoms with Crippen LogP contribution >= 0.6 is 12.4 Å². The summed E-state index contributed by atoms with van der Waals surface area (Å²) < 4.78 is 27.8. The fourth-order valence-corrected chi connectivity index (χ4v) is 8.38. The lowest BCUT2D eigenvalue weighted by Crippen LogP contribution is -2.64. The number of aryl methyl sites for hydroxylation is 2. The van der Waals surface area contributed by atoms with Crippen LogP contribution in [0.2, 0.25) is 0 Å². The van der Waals surface area contributed by atoms with Crippen molar-refractivity contribution in [2.75, 3.05) is 72.5 Å². The molecule has 470 valence electrons. The van der Waals surface area contributed by atoms with Crippen LogP contribution in [0.1, 0.15) is 63.3 Å². The number of nitrogens with one attached hydrogen (secondary N) is 5. The number of aromatic nitrogens is 8. The summed E-state index contributed by atoms with van der Waals surface area (Å²) in [5, 5.41) is 41.8. The van der Waals surface area contributed by atoms with Crippen LogP contribution < -0.4 is 68.9 Å². The van der Waals surface area contributed by atoms with Crippen molar-refractivity contribution < 1.29 is 53.8 Å². The molecule has 6 heterocycles. The molecule has 9 rings (SSSR count). The first-order valence-electron chi connectivity index (χ1n) is 27.2. The molecule has 7 aromatic rings. The van der Waals surface area contributed by atoms with Gasteiger partial charge in [0.15, 0.2) is 39.7 Å². The molecule has 13 N–H and O–H groups in total. The van der Waals surface area contributed by atoms with Gasteiger partial charge in [0.05, 0.1) is 70.9 Å². The van der Waals surface area contributed by atoms with E-state index in [9.17, 15) is 33.6 Å². The number of carbonyl (C=O) groups excluding carboxylic acids is 3. The maximum absolute atomic E-state index is 12.0. The molecule has 0 spiro atoms. The van der Waals surface area contributed by atoms with Gasteiger partial charge in [0, 0.05) is 59.1 Å². The molecule has 0 aliphatic carbocycles. The van der Waals surface area contributed by atoms with Crippen molar-refractivity contribution >= 4 is 64.4 Å². The average molecular weight is 1220 g/mol. The van der Waals surface area contributed by atoms with Gasteiger partial charge < -0.3 is 66.1 Å². The van der Waals surface area contributed by atoms with Crippen LogP contribution in [-0.4, -0.2) is 149 Å². The molecule has 2 aliphatic rings. The second-order valence-electron chi connectivity index (χ2n) is 18.8. The Morgan fingerprint density at radius 3 is 1.47 bits per heavy atom. The highest BCUT2D eigenvalue weighted by Crippen LogP contribution is 2.37. The lowest BCUT2D eigenvalue weighted by molar-refractivity contribution is -0.138. The minimum absolute atomic E-state index is 0. The summed E-state index contributed by atoms with van der Waals surface area (Å²) in [4.78, 5) is 93.8. The summed E-state index contributed by atoms with van der Waals surface area (Å²) in [6.07, 6.45) is 6.18. The number of rotatable bonds is 16. The van der Waals surface area contributed by atoms with Crippen molar-refractivity contribution in [3.63, 3.8) is 0 Å². The summed E-state index contributed by atoms with van der Waals surface area (Å²) in [5.74, 6) is 1.99. The standard InChI is InChI=1S/C24H31NO4.C12H12N2O3.2C7H8N4O2.C5H12O4.C2H8N2.ClH/c1-5-26-21-10-9-17(14-22(21)27-6-2)13-20-19-16-24(29-8-4)23(28-7-3)15-18(19)11-12-25-20;1-2-12(8-6-4-3-5-7-8)9(15)13-11(17)14-10(12)16;2*1-10-5-4(8-3-9-5)6(12)11(2)7(10)13;6-1-5(2-7,3-8)4-9;3-1-2-4;/h9-10,13-16,25H,5-8,11-12H2,1-4H3;3-7H,2H2,1H3,(H2,13,14,15,16,17);2*3H,1-2H3,(H,8,9);6-9H,1-4H2;1-4H2;1H/b20-13+;;;;;;. The van der Waals surface area contributed by atoms with Crippen molar-refractivity contribution in [2.45, 2.75) is 52.9 Å². The molecular formula is C57H80ClN13O15. The van der Waals surface area contributed by atoms with Gasteiger partial charge >= 0.3 is 17.4 Å². The predicted octanol–water partition coefficient (Wildman–Crippen LogP) is 0.814. The Bertz CT molecular complexity index is 3480. The van der Waals surface area contributed by atoms with E-state index in [1.165, 1.54) is 41.4 Å². The Morgan fingerprint density at radius 1 is 0.605 bits per heavy atom. The Balaban J connectivity index is 0.000000292. The number of aliphatic hydroxyl groups excluding tert-OH is 4. The van der Waals surface area contributed by atoms with Gasteiger partial charge in [-0.2, -0.15) is 0 Å². The second kappa shape index (κ2) is 34.3. The largest absolute Gasteiger partial charge is 0.490 e. The molecule has 4 amide bonds. The average Bonchev–Trinajstić information content (AvgIpc) is 1.74. The van der Waals surface area contributed by atoms with E-state index in [0.717, 1.165) is 61.9 Å². The number of barbiturate groups is 1. The molecule has 1 fully saturated rings. The molecule has 0 unspecified atom stereocenters. The first kappa shape index (κ1) is 71.6. The second-order valence-corrected chi connectivity index (χ2v) is 18.8. The quantitative estimate of drug-likeness (QED) is 0.0597. The molecule has 0 atom stereocenters. The van der Waals surface area contributed by atoms with Crippen LogP contribution in [-0.2, 0) is 49.6 Å². The van der Waals surface area contributed by atoms with Crippen molar-refractivity contribution in [1.29, 1.82) is 0 Å². The third-order valence-electron chi connectivity index (χ3n) is 13.2. The molecular weight excluding hydrogens is 1140 g/mol. The van der Waals surface area contributed by atoms with Crippen LogP contribution in [0.3, 0.4) is 0 Å². The summed E-state index contributed by atoms with van der Waals surface area (Å²) in [6, 6.07) is 18.2. The number of hydrogen-bond acceptors (Lipinski definition) is 20. The monoisotopic (exact) mass is 1220 g/mol. The molecule has 28 nitrogen and oxygen atoms in total. The lowest BCUT2D eigenvalue weighted by atomic mass is 9.75. The first-order valence-corrected chi connectivity index (χ1v) is 27.2. The molecule has 2 aliphatic heterocycles. The number of nitrogens with two attached hydrogens (primary N) is 2. The number of aliphatic hydroxyl groups is 4. The zero-order chi connectivity index (χ0) is 63.0. The Morgan fingerprint density at radius 2 is 1.05 bits per heavy atom. The summed E-state index contributed by atoms with van der Waals surface area (Å²) in [6.45, 7) is 12.5. The van der Waals surface area contributed by atoms with E-state index in [1.54, 1.807) is 51.4 Å². The van der Waals surface area contributed by atoms with Gasteiger partial charge in [-0.3, -0.25) is 48.1 Å². The smallest absolute Gasteiger partial charge is 0.332 e. The molecule has 29 heteroatoms. The fourth-order valence-electron chi connectivity index (χ4n) is 8.38. The molecule has 3 aromatic carbocycles. The third-order valence-corrected chi connectivity index (χ3v) is 13.2. The molecule has 1 saturated heterocycles. The molecule has 86 heavy (non-hydrogen) atoms. The van der Waals surface area contributed by atoms with Gasteiger partial charge in [-0.25, -0.2) is 24.4 Å². The minimum Gasteiger partial charge on any atom is -0.490 e. The van der Waals surface area contributed by atoms with Crippen LogP contribution in [0, 0.1) is 5.41 Å². The van der Waals surface area contributed by atoms with E-state index in [0.29, 0.717) is 73.8 Å². The van der Waals surface area contributed by atoms with Gasteiger partial charge in [0.2, 0.25) is 11.8 Å². The number of amides is 4. The highest BCUT2D eigenvalue weighted by molar-refractivity contribution is 6.22. The number of imide groups is 2. The van der Waals surface area contributed by atoms with Crippen molar-refractivity contribution in [1.82, 2.24) is 54.2 Å². The molecule has 0 saturated carbocycles. The van der Waals surface area contributed by atoms with E-state index >= 15 is 0 Å². The zero-order valence-electron chi connectivity index (χ0n) is 49.7. The lowest BCUT2D eigenvalue weighted by Gasteiger charge is -2.33. The molecule has 0 bridgehead atoms. The normalized spacial score (nSPS) is 13.3. The van der Waals surface area contributed by atoms with Crippen LogP contribution in [0.4, 0.5) is 4.79 Å². The van der Waals surface area contributed by atoms with E-state index < -0.39 is 55.1 Å². The maximum Gasteiger partial charge on any atom is 0.332 e. The molecule has 0 radical (unpaired) electrons. The first-order chi connectivity index (χ1) is 40.7. The minimum atomic E-state index is -1.31. The van der Waals surface area contributed by atoms with E-state index in [-0.39, 0.29) is 34.9 Å². The highest BCUT2D eigenvalue weighted by Gasteiger charge is 2.50. The number of H-pyrrole nitrogens is 2. The van der Waals surface area contributed by atoms with Gasteiger partial charge in [0.1, 0.15) is 11.0 Å². The summed E-state index contributed by atoms with van der Waals surface area (Å²) in [5.41, 5.74) is 12.5. The van der Waals surface area contributed by atoms with Crippen LogP contribution in [0.15, 0.2) is 92.5 Å². The Labute approximate surface area is 501 Å². The Hall–Kier alpha value is -8.64. The van der Waals surface area contributed by atoms with Crippen molar-refractivity contribution in [2.24, 2.45) is 45.1 Å². The Kier molecular flexibility index (Phi) is 28.6. The van der Waals surface area contributed by atoms with Gasteiger partial charge in [-0.1, -0.05) is 43.3 Å². The summed E-state index contributed by atoms with van der Waals surface area (Å²) >= 11 is 0. The topological polar surface area (TPSA) is 403 Å². The number of imidazole rings is 2. The van der Waals surface area contributed by atoms with Crippen LogP contribution in [0.5, 0.6) is 23.0 Å². The fraction of sp³-hybridized carbons (Fsp3) is 0.421. The number of hydrogen-bond donors (Lipinski definition) is 11. The number of halogens is 1. The molecule has 4 aromatic heterocycles. The number of nitrogens with zero attached hydrogens (tertiary/aromatic N) is 6. The van der Waals surface area contributed by atoms with Gasteiger partial charge in [-0.05, 0) is 87.6 Å². The van der Waals surface area contributed by atoms with Crippen LogP contribution in [0.25, 0.3) is 34.1 Å². The van der Waals surface area contributed by atoms with E-state index in [1.807, 2.05) is 39.8 Å². The third kappa shape index (κ3) is 17.0. The number of benzene rings is 3. The van der Waals surface area contributed by atoms with Crippen molar-refractivity contribution in [3.8, 4) is 23.0 Å². The predicted molar refractivity (Wildman–Crippen MR) is 327 cm³/mol. The number of ether oxygens (including phenoxy) is 4. The zero-order valence-corrected chi connectivity index (χ0v) is 50.5. The number of fused-ring (bicyclic) bond motifs is 3.